The summed E-state index contributed by atoms with van der Waals surface area (Å²) in [4.78, 5) is 36.9. The van der Waals surface area contributed by atoms with Gasteiger partial charge < -0.3 is 21.3 Å². The molecule has 0 unspecified atom stereocenters. The van der Waals surface area contributed by atoms with E-state index in [9.17, 15) is 14.4 Å². The summed E-state index contributed by atoms with van der Waals surface area (Å²) in [6.45, 7) is 0.293. The average Bonchev–Trinajstić information content (AvgIpc) is 2.99. The molecule has 0 aliphatic heterocycles. The van der Waals surface area contributed by atoms with E-state index in [0.29, 0.717) is 25.8 Å². The van der Waals surface area contributed by atoms with Crippen LogP contribution >= 0.6 is 0 Å². The molecule has 1 saturated carbocycles. The van der Waals surface area contributed by atoms with Gasteiger partial charge in [0, 0.05) is 12.5 Å². The van der Waals surface area contributed by atoms with Crippen molar-refractivity contribution in [2.75, 3.05) is 6.54 Å². The van der Waals surface area contributed by atoms with Crippen molar-refractivity contribution < 1.29 is 24.3 Å². The molecule has 1 aliphatic carbocycles. The van der Waals surface area contributed by atoms with Crippen molar-refractivity contribution in [2.24, 2.45) is 5.92 Å². The highest BCUT2D eigenvalue weighted by Crippen LogP contribution is 2.24. The van der Waals surface area contributed by atoms with Crippen molar-refractivity contribution in [1.82, 2.24) is 10.6 Å². The first-order chi connectivity index (χ1) is 10.5. The second-order valence-corrected chi connectivity index (χ2v) is 5.42. The minimum atomic E-state index is -1.09. The van der Waals surface area contributed by atoms with Crippen LogP contribution in [0.15, 0.2) is 0 Å². The molecule has 0 radical (unpaired) electrons. The highest BCUT2D eigenvalue weighted by molar-refractivity contribution is 6.28. The highest BCUT2D eigenvalue weighted by atomic mass is 16.4. The Morgan fingerprint density at radius 3 is 2.55 bits per heavy atom. The summed E-state index contributed by atoms with van der Waals surface area (Å²) in [5.74, 6) is -0.638. The fourth-order valence-corrected chi connectivity index (χ4v) is 2.58. The molecule has 0 saturated heterocycles. The summed E-state index contributed by atoms with van der Waals surface area (Å²) in [6, 6.07) is -0.728. The molecule has 2 amide bonds. The smallest absolute Gasteiger partial charge is 0.404 e. The van der Waals surface area contributed by atoms with Crippen molar-refractivity contribution in [1.29, 1.82) is 0 Å². The number of rotatable bonds is 9. The van der Waals surface area contributed by atoms with E-state index in [2.05, 4.69) is 15.4 Å². The average molecular weight is 310 g/mol. The fourth-order valence-electron chi connectivity index (χ4n) is 2.58. The van der Waals surface area contributed by atoms with Crippen molar-refractivity contribution >= 4 is 24.0 Å². The lowest BCUT2D eigenvalue weighted by Gasteiger charge is -2.17. The Bertz CT molecular complexity index is 454. The third-order valence-electron chi connectivity index (χ3n) is 3.77. The zero-order valence-corrected chi connectivity index (χ0v) is 12.5. The lowest BCUT2D eigenvalue weighted by molar-refractivity contribution is -0.129. The van der Waals surface area contributed by atoms with E-state index in [1.165, 1.54) is 0 Å². The van der Waals surface area contributed by atoms with Crippen LogP contribution in [0.1, 0.15) is 44.9 Å². The van der Waals surface area contributed by atoms with Gasteiger partial charge >= 0.3 is 12.3 Å². The van der Waals surface area contributed by atoms with Crippen LogP contribution < -0.4 is 10.6 Å². The molecule has 0 heterocycles. The summed E-state index contributed by atoms with van der Waals surface area (Å²) in [7, 11) is 0. The summed E-state index contributed by atoms with van der Waals surface area (Å²) < 4.78 is 0. The third kappa shape index (κ3) is 6.49. The van der Waals surface area contributed by atoms with Crippen LogP contribution in [0.2, 0.25) is 0 Å². The van der Waals surface area contributed by atoms with Crippen LogP contribution in [0.25, 0.3) is 5.53 Å². The van der Waals surface area contributed by atoms with Crippen LogP contribution in [0, 0.1) is 5.92 Å². The van der Waals surface area contributed by atoms with Gasteiger partial charge in [0.05, 0.1) is 6.04 Å². The number of hydrogen-bond donors (Lipinski definition) is 3. The number of carbonyl (C=O) groups is 3. The van der Waals surface area contributed by atoms with E-state index in [1.54, 1.807) is 0 Å². The van der Waals surface area contributed by atoms with E-state index >= 15 is 0 Å². The Balaban J connectivity index is 2.45. The van der Waals surface area contributed by atoms with Gasteiger partial charge in [-0.2, -0.15) is 4.79 Å². The number of amides is 2. The molecule has 8 heteroatoms. The molecule has 22 heavy (non-hydrogen) atoms. The van der Waals surface area contributed by atoms with Gasteiger partial charge in [-0.1, -0.05) is 12.8 Å². The molecule has 1 aliphatic rings. The van der Waals surface area contributed by atoms with E-state index in [4.69, 9.17) is 10.6 Å². The van der Waals surface area contributed by atoms with Crippen molar-refractivity contribution in [3.05, 3.63) is 5.53 Å². The number of ketones is 1. The SMILES string of the molecule is [N-]=[N+]=CC(=O)[C@H](CCCCNC(=O)O)NC(=O)C1CCCC1. The molecule has 122 valence electrons. The standard InChI is InChI=1S/C14H22N4O4/c15-17-9-12(19)11(7-3-4-8-16-14(21)22)18-13(20)10-5-1-2-6-10/h9-11,16H,1-8H2,(H,18,20)(H,21,22)/t11-/m0/s1. The molecule has 1 rings (SSSR count). The van der Waals surface area contributed by atoms with Crippen LogP contribution in [0.3, 0.4) is 0 Å². The molecular weight excluding hydrogens is 288 g/mol. The normalized spacial score (nSPS) is 15.6. The molecule has 3 N–H and O–H groups in total. The summed E-state index contributed by atoms with van der Waals surface area (Å²) in [5, 5.41) is 13.4. The maximum absolute atomic E-state index is 12.1. The number of nitrogens with zero attached hydrogens (tertiary/aromatic N) is 2. The Morgan fingerprint density at radius 1 is 1.27 bits per heavy atom. The number of nitrogens with one attached hydrogen (secondary N) is 2. The largest absolute Gasteiger partial charge is 0.465 e. The number of carbonyl (C=O) groups excluding carboxylic acids is 2. The second kappa shape index (κ2) is 9.68. The maximum Gasteiger partial charge on any atom is 0.404 e. The Kier molecular flexibility index (Phi) is 7.85. The number of unbranched alkanes of at least 4 members (excludes halogenated alkanes) is 1. The first kappa shape index (κ1) is 17.8. The van der Waals surface area contributed by atoms with Crippen LogP contribution in [0.5, 0.6) is 0 Å². The summed E-state index contributed by atoms with van der Waals surface area (Å²) >= 11 is 0. The second-order valence-electron chi connectivity index (χ2n) is 5.42. The van der Waals surface area contributed by atoms with Gasteiger partial charge in [0.15, 0.2) is 0 Å². The predicted octanol–water partition coefficient (Wildman–Crippen LogP) is 0.969. The maximum atomic E-state index is 12.1. The van der Waals surface area contributed by atoms with E-state index in [0.717, 1.165) is 31.9 Å². The lowest BCUT2D eigenvalue weighted by Crippen LogP contribution is -2.44. The quantitative estimate of drug-likeness (QED) is 0.253. The summed E-state index contributed by atoms with van der Waals surface area (Å²) in [6.07, 6.45) is 4.93. The topological polar surface area (TPSA) is 132 Å². The van der Waals surface area contributed by atoms with Gasteiger partial charge in [-0.15, -0.1) is 0 Å². The van der Waals surface area contributed by atoms with Crippen LogP contribution in [-0.2, 0) is 9.59 Å². The predicted molar refractivity (Wildman–Crippen MR) is 78.5 cm³/mol. The number of carboxylic acid groups (broad SMARTS) is 1. The van der Waals surface area contributed by atoms with E-state index < -0.39 is 17.9 Å². The van der Waals surface area contributed by atoms with E-state index in [1.807, 2.05) is 0 Å². The molecule has 0 spiro atoms. The number of Topliss-reactive ketones (excluding diaryl/α,β-unsaturated/α-hetero) is 1. The fraction of sp³-hybridized carbons (Fsp3) is 0.714. The minimum Gasteiger partial charge on any atom is -0.465 e. The number of hydrogen-bond acceptors (Lipinski definition) is 3. The highest BCUT2D eigenvalue weighted by Gasteiger charge is 2.27. The van der Waals surface area contributed by atoms with Gasteiger partial charge in [0.2, 0.25) is 5.91 Å². The van der Waals surface area contributed by atoms with Crippen molar-refractivity contribution in [3.8, 4) is 0 Å². The molecule has 1 atom stereocenters. The lowest BCUT2D eigenvalue weighted by atomic mass is 10.0. The molecule has 0 bridgehead atoms. The minimum absolute atomic E-state index is 0.0463. The first-order valence-electron chi connectivity index (χ1n) is 7.53. The van der Waals surface area contributed by atoms with Gasteiger partial charge in [-0.3, -0.25) is 9.59 Å². The first-order valence-corrected chi connectivity index (χ1v) is 7.53. The van der Waals surface area contributed by atoms with Crippen LogP contribution in [0.4, 0.5) is 4.79 Å². The van der Waals surface area contributed by atoms with Gasteiger partial charge in [0.25, 0.3) is 5.78 Å². The van der Waals surface area contributed by atoms with Crippen molar-refractivity contribution in [2.45, 2.75) is 51.0 Å². The Hall–Kier alpha value is -2.21. The monoisotopic (exact) mass is 310 g/mol. The molecule has 0 aromatic rings. The van der Waals surface area contributed by atoms with Crippen LogP contribution in [-0.4, -0.2) is 46.5 Å². The Labute approximate surface area is 128 Å². The van der Waals surface area contributed by atoms with Gasteiger partial charge in [-0.25, -0.2) is 4.79 Å². The van der Waals surface area contributed by atoms with Crippen molar-refractivity contribution in [3.63, 3.8) is 0 Å². The zero-order valence-electron chi connectivity index (χ0n) is 12.5. The molecular formula is C14H22N4O4. The van der Waals surface area contributed by atoms with E-state index in [-0.39, 0.29) is 11.8 Å². The molecule has 8 nitrogen and oxygen atoms in total. The zero-order chi connectivity index (χ0) is 16.4. The molecule has 1 fully saturated rings. The summed E-state index contributed by atoms with van der Waals surface area (Å²) in [5.41, 5.74) is 8.46. The van der Waals surface area contributed by atoms with Gasteiger partial charge in [-0.05, 0) is 32.1 Å². The third-order valence-corrected chi connectivity index (χ3v) is 3.77. The molecule has 0 aromatic carbocycles. The Morgan fingerprint density at radius 2 is 1.95 bits per heavy atom. The van der Waals surface area contributed by atoms with Gasteiger partial charge in [0.1, 0.15) is 0 Å². The molecule has 0 aromatic heterocycles.